The maximum Gasteiger partial charge on any atom is 0.275 e. The van der Waals surface area contributed by atoms with Gasteiger partial charge in [0.25, 0.3) is 5.56 Å². The Bertz CT molecular complexity index is 588. The second-order valence-electron chi connectivity index (χ2n) is 3.72. The molecule has 1 aromatic carbocycles. The average Bonchev–Trinajstić information content (AvgIpc) is 2.31. The molecule has 0 unspecified atom stereocenters. The number of benzene rings is 1. The number of aromatic hydroxyl groups is 1. The van der Waals surface area contributed by atoms with Crippen molar-refractivity contribution in [2.75, 3.05) is 0 Å². The molecule has 2 rings (SSSR count). The van der Waals surface area contributed by atoms with Gasteiger partial charge in [-0.2, -0.15) is 9.78 Å². The van der Waals surface area contributed by atoms with E-state index in [0.717, 1.165) is 16.3 Å². The van der Waals surface area contributed by atoms with E-state index in [9.17, 15) is 9.90 Å². The van der Waals surface area contributed by atoms with Crippen LogP contribution in [0.4, 0.5) is 0 Å². The first-order valence-corrected chi connectivity index (χ1v) is 5.12. The summed E-state index contributed by atoms with van der Waals surface area (Å²) in [6, 6.07) is 8.26. The van der Waals surface area contributed by atoms with Crippen molar-refractivity contribution in [1.29, 1.82) is 0 Å². The Balaban J connectivity index is 2.59. The van der Waals surface area contributed by atoms with E-state index in [1.165, 1.54) is 0 Å². The third-order valence-corrected chi connectivity index (χ3v) is 2.41. The first-order chi connectivity index (χ1) is 8.11. The summed E-state index contributed by atoms with van der Waals surface area (Å²) < 4.78 is 1.14. The quantitative estimate of drug-likeness (QED) is 0.800. The van der Waals surface area contributed by atoms with Gasteiger partial charge in [-0.3, -0.25) is 4.79 Å². The second kappa shape index (κ2) is 4.39. The monoisotopic (exact) mass is 232 g/mol. The van der Waals surface area contributed by atoms with Crippen LogP contribution >= 0.6 is 0 Å². The first-order valence-electron chi connectivity index (χ1n) is 5.12. The van der Waals surface area contributed by atoms with Gasteiger partial charge in [0.2, 0.25) is 0 Å². The molecule has 0 fully saturated rings. The first kappa shape index (κ1) is 11.3. The number of aryl methyl sites for hydroxylation is 1. The Kier molecular flexibility index (Phi) is 2.93. The smallest absolute Gasteiger partial charge is 0.275 e. The van der Waals surface area contributed by atoms with Crippen LogP contribution in [0.5, 0.6) is 5.75 Å². The third-order valence-electron chi connectivity index (χ3n) is 2.41. The molecular formula is C12H12N2O3. The topological polar surface area (TPSA) is 75.3 Å². The van der Waals surface area contributed by atoms with Crippen LogP contribution in [0.15, 0.2) is 35.1 Å². The molecule has 0 radical (unpaired) electrons. The molecule has 2 aromatic rings. The molecular weight excluding hydrogens is 220 g/mol. The fraction of sp³-hybridized carbons (Fsp3) is 0.167. The van der Waals surface area contributed by atoms with Crippen LogP contribution in [0.1, 0.15) is 11.3 Å². The molecule has 88 valence electrons. The summed E-state index contributed by atoms with van der Waals surface area (Å²) in [5.41, 5.74) is 1.30. The Hall–Kier alpha value is -2.14. The lowest BCUT2D eigenvalue weighted by Crippen LogP contribution is -2.21. The molecule has 0 spiro atoms. The van der Waals surface area contributed by atoms with E-state index >= 15 is 0 Å². The molecule has 0 aliphatic heterocycles. The standard InChI is InChI=1S/C12H12N2O3/c1-8-2-4-9(5-3-8)14-12(17)6-11(16)10(7-15)13-14/h2-6,15-16H,7H2,1H3. The zero-order valence-corrected chi connectivity index (χ0v) is 9.29. The highest BCUT2D eigenvalue weighted by atomic mass is 16.3. The Morgan fingerprint density at radius 1 is 1.29 bits per heavy atom. The molecule has 1 heterocycles. The number of hydrogen-bond acceptors (Lipinski definition) is 4. The lowest BCUT2D eigenvalue weighted by atomic mass is 10.2. The molecule has 0 amide bonds. The summed E-state index contributed by atoms with van der Waals surface area (Å²) in [5, 5.41) is 22.3. The van der Waals surface area contributed by atoms with Crippen molar-refractivity contribution < 1.29 is 10.2 Å². The van der Waals surface area contributed by atoms with Crippen LogP contribution in [0.25, 0.3) is 5.69 Å². The van der Waals surface area contributed by atoms with Crippen molar-refractivity contribution in [2.24, 2.45) is 0 Å². The maximum absolute atomic E-state index is 11.7. The van der Waals surface area contributed by atoms with Crippen LogP contribution in [0, 0.1) is 6.92 Å². The van der Waals surface area contributed by atoms with Crippen molar-refractivity contribution in [2.45, 2.75) is 13.5 Å². The number of rotatable bonds is 2. The van der Waals surface area contributed by atoms with Gasteiger partial charge in [0, 0.05) is 6.07 Å². The highest BCUT2D eigenvalue weighted by molar-refractivity contribution is 5.34. The molecule has 1 aromatic heterocycles. The van der Waals surface area contributed by atoms with Gasteiger partial charge in [0.1, 0.15) is 11.4 Å². The van der Waals surface area contributed by atoms with E-state index in [-0.39, 0.29) is 11.4 Å². The van der Waals surface area contributed by atoms with Crippen molar-refractivity contribution in [3.05, 3.63) is 51.9 Å². The van der Waals surface area contributed by atoms with Crippen LogP contribution in [0.2, 0.25) is 0 Å². The van der Waals surface area contributed by atoms with Crippen LogP contribution < -0.4 is 5.56 Å². The summed E-state index contributed by atoms with van der Waals surface area (Å²) >= 11 is 0. The van der Waals surface area contributed by atoms with Gasteiger partial charge in [-0.05, 0) is 19.1 Å². The predicted molar refractivity (Wildman–Crippen MR) is 62.2 cm³/mol. The van der Waals surface area contributed by atoms with Gasteiger partial charge < -0.3 is 10.2 Å². The molecule has 0 saturated carbocycles. The Morgan fingerprint density at radius 3 is 2.53 bits per heavy atom. The molecule has 0 bridgehead atoms. The van der Waals surface area contributed by atoms with E-state index in [1.807, 2.05) is 19.1 Å². The van der Waals surface area contributed by atoms with Gasteiger partial charge in [-0.1, -0.05) is 17.7 Å². The number of nitrogens with zero attached hydrogens (tertiary/aromatic N) is 2. The lowest BCUT2D eigenvalue weighted by molar-refractivity contribution is 0.266. The van der Waals surface area contributed by atoms with Crippen LogP contribution in [-0.2, 0) is 6.61 Å². The van der Waals surface area contributed by atoms with Crippen LogP contribution in [-0.4, -0.2) is 20.0 Å². The summed E-state index contributed by atoms with van der Waals surface area (Å²) in [4.78, 5) is 11.7. The summed E-state index contributed by atoms with van der Waals surface area (Å²) in [6.07, 6.45) is 0. The summed E-state index contributed by atoms with van der Waals surface area (Å²) in [6.45, 7) is 1.52. The third kappa shape index (κ3) is 2.19. The van der Waals surface area contributed by atoms with Gasteiger partial charge in [-0.15, -0.1) is 0 Å². The molecule has 5 nitrogen and oxygen atoms in total. The molecule has 5 heteroatoms. The van der Waals surface area contributed by atoms with Crippen molar-refractivity contribution in [1.82, 2.24) is 9.78 Å². The maximum atomic E-state index is 11.7. The minimum Gasteiger partial charge on any atom is -0.506 e. The summed E-state index contributed by atoms with van der Waals surface area (Å²) in [5.74, 6) is -0.291. The number of aliphatic hydroxyl groups excluding tert-OH is 1. The van der Waals surface area contributed by atoms with Crippen molar-refractivity contribution in [3.63, 3.8) is 0 Å². The molecule has 0 aliphatic rings. The molecule has 2 N–H and O–H groups in total. The largest absolute Gasteiger partial charge is 0.506 e. The van der Waals surface area contributed by atoms with Gasteiger partial charge in [0.05, 0.1) is 12.3 Å². The Labute approximate surface area is 97.6 Å². The number of aliphatic hydroxyl groups is 1. The predicted octanol–water partition coefficient (Wildman–Crippen LogP) is 0.739. The van der Waals surface area contributed by atoms with Gasteiger partial charge in [-0.25, -0.2) is 0 Å². The van der Waals surface area contributed by atoms with E-state index in [4.69, 9.17) is 5.11 Å². The van der Waals surface area contributed by atoms with Gasteiger partial charge in [0.15, 0.2) is 0 Å². The SMILES string of the molecule is Cc1ccc(-n2nc(CO)c(O)cc2=O)cc1. The van der Waals surface area contributed by atoms with E-state index in [2.05, 4.69) is 5.10 Å². The van der Waals surface area contributed by atoms with Crippen molar-refractivity contribution >= 4 is 0 Å². The molecule has 17 heavy (non-hydrogen) atoms. The zero-order chi connectivity index (χ0) is 12.4. The average molecular weight is 232 g/mol. The minimum atomic E-state index is -0.441. The number of aromatic nitrogens is 2. The van der Waals surface area contributed by atoms with E-state index in [1.54, 1.807) is 12.1 Å². The number of hydrogen-bond donors (Lipinski definition) is 2. The summed E-state index contributed by atoms with van der Waals surface area (Å²) in [7, 11) is 0. The fourth-order valence-electron chi connectivity index (χ4n) is 1.47. The molecule has 0 atom stereocenters. The van der Waals surface area contributed by atoms with Gasteiger partial charge >= 0.3 is 0 Å². The highest BCUT2D eigenvalue weighted by Gasteiger charge is 2.08. The normalized spacial score (nSPS) is 10.5. The zero-order valence-electron chi connectivity index (χ0n) is 9.29. The Morgan fingerprint density at radius 2 is 1.94 bits per heavy atom. The molecule has 0 saturated heterocycles. The van der Waals surface area contributed by atoms with E-state index in [0.29, 0.717) is 5.69 Å². The minimum absolute atomic E-state index is 0.0742. The second-order valence-corrected chi connectivity index (χ2v) is 3.72. The lowest BCUT2D eigenvalue weighted by Gasteiger charge is -2.07. The van der Waals surface area contributed by atoms with Crippen molar-refractivity contribution in [3.8, 4) is 11.4 Å². The fourth-order valence-corrected chi connectivity index (χ4v) is 1.47. The highest BCUT2D eigenvalue weighted by Crippen LogP contribution is 2.12. The molecule has 0 aliphatic carbocycles. The van der Waals surface area contributed by atoms with Crippen LogP contribution in [0.3, 0.4) is 0 Å². The van der Waals surface area contributed by atoms with E-state index < -0.39 is 12.2 Å².